The number of aryl methyl sites for hydroxylation is 1. The lowest BCUT2D eigenvalue weighted by Crippen LogP contribution is -2.33. The Labute approximate surface area is 110 Å². The summed E-state index contributed by atoms with van der Waals surface area (Å²) in [7, 11) is 0. The van der Waals surface area contributed by atoms with Crippen LogP contribution in [0.15, 0.2) is 12.1 Å². The Balaban J connectivity index is 2.29. The number of carboxylic acid groups (broad SMARTS) is 1. The largest absolute Gasteiger partial charge is 0.486 e. The molecule has 6 heteroatoms. The molecule has 2 rings (SSSR count). The zero-order valence-corrected chi connectivity index (χ0v) is 10.5. The van der Waals surface area contributed by atoms with Gasteiger partial charge in [0.25, 0.3) is 0 Å². The molecule has 0 saturated heterocycles. The highest BCUT2D eigenvalue weighted by Gasteiger charge is 2.23. The van der Waals surface area contributed by atoms with Crippen molar-refractivity contribution in [3.63, 3.8) is 0 Å². The van der Waals surface area contributed by atoms with Crippen LogP contribution < -0.4 is 15.2 Å². The van der Waals surface area contributed by atoms with E-state index in [9.17, 15) is 9.59 Å². The Morgan fingerprint density at radius 2 is 1.89 bits per heavy atom. The number of aliphatic carboxylic acids is 1. The minimum absolute atomic E-state index is 0.373. The van der Waals surface area contributed by atoms with Gasteiger partial charge in [-0.1, -0.05) is 0 Å². The van der Waals surface area contributed by atoms with Gasteiger partial charge in [-0.2, -0.15) is 0 Å². The highest BCUT2D eigenvalue weighted by atomic mass is 16.6. The summed E-state index contributed by atoms with van der Waals surface area (Å²) >= 11 is 0. The van der Waals surface area contributed by atoms with Crippen molar-refractivity contribution >= 4 is 11.8 Å². The highest BCUT2D eigenvalue weighted by molar-refractivity contribution is 6.03. The number of carbonyl (C=O) groups is 2. The summed E-state index contributed by atoms with van der Waals surface area (Å²) in [6.07, 6.45) is -0.396. The minimum Gasteiger partial charge on any atom is -0.486 e. The van der Waals surface area contributed by atoms with E-state index in [1.165, 1.54) is 0 Å². The quantitative estimate of drug-likeness (QED) is 0.779. The van der Waals surface area contributed by atoms with E-state index in [1.807, 2.05) is 0 Å². The summed E-state index contributed by atoms with van der Waals surface area (Å²) in [5.74, 6) is -0.428. The van der Waals surface area contributed by atoms with Crippen LogP contribution in [0.25, 0.3) is 0 Å². The molecule has 1 aliphatic rings. The Hall–Kier alpha value is -2.08. The molecule has 3 N–H and O–H groups in total. The number of rotatable bonds is 4. The third-order valence-electron chi connectivity index (χ3n) is 2.89. The molecule has 1 aromatic rings. The van der Waals surface area contributed by atoms with Crippen molar-refractivity contribution in [2.75, 3.05) is 13.2 Å². The fraction of sp³-hybridized carbons (Fsp3) is 0.385. The van der Waals surface area contributed by atoms with E-state index in [-0.39, 0.29) is 0 Å². The van der Waals surface area contributed by atoms with Gasteiger partial charge in [0.2, 0.25) is 0 Å². The molecule has 1 atom stereocenters. The van der Waals surface area contributed by atoms with Gasteiger partial charge in [0.1, 0.15) is 13.2 Å². The van der Waals surface area contributed by atoms with Crippen LogP contribution in [0.2, 0.25) is 0 Å². The molecule has 1 heterocycles. The molecule has 0 aliphatic carbocycles. The molecule has 0 amide bonds. The van der Waals surface area contributed by atoms with Gasteiger partial charge < -0.3 is 20.3 Å². The van der Waals surface area contributed by atoms with Crippen LogP contribution in [0.4, 0.5) is 0 Å². The maximum Gasteiger partial charge on any atom is 0.305 e. The first-order chi connectivity index (χ1) is 8.99. The van der Waals surface area contributed by atoms with Crippen molar-refractivity contribution in [2.24, 2.45) is 5.73 Å². The third kappa shape index (κ3) is 2.85. The van der Waals surface area contributed by atoms with Gasteiger partial charge in [0, 0.05) is 5.56 Å². The third-order valence-corrected chi connectivity index (χ3v) is 2.89. The number of fused-ring (bicyclic) bond motifs is 1. The van der Waals surface area contributed by atoms with Crippen molar-refractivity contribution in [1.29, 1.82) is 0 Å². The standard InChI is InChI=1S/C13H15NO5/c1-7-4-10-11(19-3-2-18-10)5-8(7)13(17)9(14)6-12(15)16/h4-5,9H,2-3,6,14H2,1H3,(H,15,16). The predicted molar refractivity (Wildman–Crippen MR) is 66.7 cm³/mol. The van der Waals surface area contributed by atoms with Gasteiger partial charge in [-0.25, -0.2) is 0 Å². The van der Waals surface area contributed by atoms with E-state index in [1.54, 1.807) is 19.1 Å². The monoisotopic (exact) mass is 265 g/mol. The molecule has 0 radical (unpaired) electrons. The number of benzene rings is 1. The number of ether oxygens (including phenoxy) is 2. The molecule has 0 saturated carbocycles. The summed E-state index contributed by atoms with van der Waals surface area (Å²) in [5, 5.41) is 8.66. The molecule has 1 aliphatic heterocycles. The molecule has 0 fully saturated rings. The maximum atomic E-state index is 12.1. The number of ketones is 1. The van der Waals surface area contributed by atoms with Crippen molar-refractivity contribution in [3.8, 4) is 11.5 Å². The van der Waals surface area contributed by atoms with Crippen molar-refractivity contribution in [1.82, 2.24) is 0 Å². The Morgan fingerprint density at radius 3 is 2.47 bits per heavy atom. The van der Waals surface area contributed by atoms with Crippen LogP contribution in [-0.4, -0.2) is 36.1 Å². The molecule has 6 nitrogen and oxygen atoms in total. The number of carbonyl (C=O) groups excluding carboxylic acids is 1. The van der Waals surface area contributed by atoms with E-state index >= 15 is 0 Å². The van der Waals surface area contributed by atoms with Crippen LogP contribution >= 0.6 is 0 Å². The van der Waals surface area contributed by atoms with Crippen molar-refractivity contribution in [3.05, 3.63) is 23.3 Å². The molecule has 0 spiro atoms. The first-order valence-corrected chi connectivity index (χ1v) is 5.91. The van der Waals surface area contributed by atoms with Gasteiger partial charge in [0.05, 0.1) is 12.5 Å². The topological polar surface area (TPSA) is 98.9 Å². The second-order valence-electron chi connectivity index (χ2n) is 4.38. The summed E-state index contributed by atoms with van der Waals surface area (Å²) < 4.78 is 10.8. The molecule has 1 unspecified atom stereocenters. The lowest BCUT2D eigenvalue weighted by Gasteiger charge is -2.20. The number of carboxylic acids is 1. The van der Waals surface area contributed by atoms with Gasteiger partial charge >= 0.3 is 5.97 Å². The average molecular weight is 265 g/mol. The fourth-order valence-electron chi connectivity index (χ4n) is 1.94. The SMILES string of the molecule is Cc1cc2c(cc1C(=O)C(N)CC(=O)O)OCCO2. The van der Waals surface area contributed by atoms with Crippen molar-refractivity contribution in [2.45, 2.75) is 19.4 Å². The van der Waals surface area contributed by atoms with Crippen LogP contribution in [0.3, 0.4) is 0 Å². The van der Waals surface area contributed by atoms with Gasteiger partial charge in [-0.3, -0.25) is 9.59 Å². The van der Waals surface area contributed by atoms with Crippen LogP contribution in [0, 0.1) is 6.92 Å². The molecule has 19 heavy (non-hydrogen) atoms. The van der Waals surface area contributed by atoms with Crippen LogP contribution in [0.5, 0.6) is 11.5 Å². The predicted octanol–water partition coefficient (Wildman–Crippen LogP) is 0.751. The average Bonchev–Trinajstić information content (AvgIpc) is 2.36. The Bertz CT molecular complexity index is 526. The summed E-state index contributed by atoms with van der Waals surface area (Å²) in [5.41, 5.74) is 6.66. The summed E-state index contributed by atoms with van der Waals surface area (Å²) in [6.45, 7) is 2.64. The Kier molecular flexibility index (Phi) is 3.71. The lowest BCUT2D eigenvalue weighted by atomic mass is 9.97. The first-order valence-electron chi connectivity index (χ1n) is 5.91. The minimum atomic E-state index is -1.10. The van der Waals surface area contributed by atoms with Gasteiger partial charge in [0.15, 0.2) is 17.3 Å². The maximum absolute atomic E-state index is 12.1. The second kappa shape index (κ2) is 5.27. The van der Waals surface area contributed by atoms with Crippen molar-refractivity contribution < 1.29 is 24.2 Å². The van der Waals surface area contributed by atoms with E-state index in [4.69, 9.17) is 20.3 Å². The van der Waals surface area contributed by atoms with Crippen LogP contribution in [-0.2, 0) is 4.79 Å². The number of hydrogen-bond donors (Lipinski definition) is 2. The zero-order valence-electron chi connectivity index (χ0n) is 10.5. The second-order valence-corrected chi connectivity index (χ2v) is 4.38. The zero-order chi connectivity index (χ0) is 14.0. The van der Waals surface area contributed by atoms with E-state index < -0.39 is 24.2 Å². The first kappa shape index (κ1) is 13.4. The normalized spacial score (nSPS) is 14.8. The summed E-state index contributed by atoms with van der Waals surface area (Å²) in [4.78, 5) is 22.7. The smallest absolute Gasteiger partial charge is 0.305 e. The molecular weight excluding hydrogens is 250 g/mol. The highest BCUT2D eigenvalue weighted by Crippen LogP contribution is 2.33. The van der Waals surface area contributed by atoms with E-state index in [0.29, 0.717) is 35.8 Å². The summed E-state index contributed by atoms with van der Waals surface area (Å²) in [6, 6.07) is 2.21. The lowest BCUT2D eigenvalue weighted by molar-refractivity contribution is -0.137. The number of nitrogens with two attached hydrogens (primary N) is 1. The Morgan fingerprint density at radius 1 is 1.32 bits per heavy atom. The molecule has 0 aromatic heterocycles. The van der Waals surface area contributed by atoms with Crippen LogP contribution in [0.1, 0.15) is 22.3 Å². The fourth-order valence-corrected chi connectivity index (χ4v) is 1.94. The molecular formula is C13H15NO5. The van der Waals surface area contributed by atoms with Gasteiger partial charge in [-0.05, 0) is 24.6 Å². The molecule has 102 valence electrons. The molecule has 1 aromatic carbocycles. The van der Waals surface area contributed by atoms with E-state index in [0.717, 1.165) is 0 Å². The van der Waals surface area contributed by atoms with E-state index in [2.05, 4.69) is 0 Å². The number of hydrogen-bond acceptors (Lipinski definition) is 5. The molecule has 0 bridgehead atoms. The van der Waals surface area contributed by atoms with Gasteiger partial charge in [-0.15, -0.1) is 0 Å². The number of Topliss-reactive ketones (excluding diaryl/α,β-unsaturated/α-hetero) is 1.